The smallest absolute Gasteiger partial charge is 0.320 e. The number of hydrogen-bond acceptors (Lipinski definition) is 4. The topological polar surface area (TPSA) is 92.9 Å². The molecule has 0 saturated heterocycles. The zero-order valence-electron chi connectivity index (χ0n) is 12.2. The maximum Gasteiger partial charge on any atom is 0.320 e. The van der Waals surface area contributed by atoms with Crippen molar-refractivity contribution in [1.82, 2.24) is 5.06 Å². The van der Waals surface area contributed by atoms with Gasteiger partial charge < -0.3 is 10.8 Å². The zero-order chi connectivity index (χ0) is 15.7. The Morgan fingerprint density at radius 2 is 1.95 bits per heavy atom. The molecule has 6 nitrogen and oxygen atoms in total. The summed E-state index contributed by atoms with van der Waals surface area (Å²) in [6, 6.07) is 8.72. The molecule has 0 aliphatic rings. The van der Waals surface area contributed by atoms with Crippen molar-refractivity contribution in [1.29, 1.82) is 0 Å². The number of carboxylic acids is 1. The molecule has 1 rings (SSSR count). The highest BCUT2D eigenvalue weighted by atomic mass is 16.7. The van der Waals surface area contributed by atoms with Crippen LogP contribution < -0.4 is 5.73 Å². The molecule has 21 heavy (non-hydrogen) atoms. The van der Waals surface area contributed by atoms with Crippen LogP contribution in [0.3, 0.4) is 0 Å². The van der Waals surface area contributed by atoms with Crippen molar-refractivity contribution in [3.05, 3.63) is 35.9 Å². The Hall–Kier alpha value is -1.92. The van der Waals surface area contributed by atoms with Crippen molar-refractivity contribution >= 4 is 11.9 Å². The molecule has 0 fully saturated rings. The summed E-state index contributed by atoms with van der Waals surface area (Å²) < 4.78 is 0. The van der Waals surface area contributed by atoms with E-state index in [1.54, 1.807) is 0 Å². The molecule has 116 valence electrons. The number of hydroxylamine groups is 2. The van der Waals surface area contributed by atoms with E-state index in [2.05, 4.69) is 0 Å². The minimum Gasteiger partial charge on any atom is -0.480 e. The van der Waals surface area contributed by atoms with Gasteiger partial charge in [0.05, 0.1) is 0 Å². The Morgan fingerprint density at radius 3 is 2.52 bits per heavy atom. The molecule has 0 radical (unpaired) electrons. The summed E-state index contributed by atoms with van der Waals surface area (Å²) in [7, 11) is 0. The highest BCUT2D eigenvalue weighted by molar-refractivity contribution is 5.73. The molecular weight excluding hydrogens is 272 g/mol. The molecule has 0 bridgehead atoms. The Balaban J connectivity index is 2.30. The van der Waals surface area contributed by atoms with Crippen molar-refractivity contribution in [2.24, 2.45) is 5.73 Å². The van der Waals surface area contributed by atoms with Gasteiger partial charge in [0, 0.05) is 13.5 Å². The third-order valence-electron chi connectivity index (χ3n) is 3.02. The van der Waals surface area contributed by atoms with E-state index in [4.69, 9.17) is 15.7 Å². The highest BCUT2D eigenvalue weighted by Crippen LogP contribution is 2.06. The van der Waals surface area contributed by atoms with E-state index in [1.165, 1.54) is 12.0 Å². The molecule has 1 aromatic carbocycles. The number of aliphatic carboxylic acids is 1. The average Bonchev–Trinajstić information content (AvgIpc) is 2.46. The molecule has 1 atom stereocenters. The van der Waals surface area contributed by atoms with E-state index in [0.717, 1.165) is 5.56 Å². The number of rotatable bonds is 9. The minimum absolute atomic E-state index is 0.173. The number of amides is 1. The first-order chi connectivity index (χ1) is 10.0. The van der Waals surface area contributed by atoms with Gasteiger partial charge in [0.25, 0.3) is 0 Å². The molecule has 0 spiro atoms. The summed E-state index contributed by atoms with van der Waals surface area (Å²) in [5.41, 5.74) is 6.40. The molecule has 1 amide bonds. The van der Waals surface area contributed by atoms with Crippen LogP contribution in [-0.2, 0) is 21.0 Å². The van der Waals surface area contributed by atoms with E-state index >= 15 is 0 Å². The summed E-state index contributed by atoms with van der Waals surface area (Å²) in [6.45, 7) is 2.19. The fraction of sp³-hybridized carbons (Fsp3) is 0.467. The van der Waals surface area contributed by atoms with Crippen molar-refractivity contribution in [2.75, 3.05) is 6.54 Å². The van der Waals surface area contributed by atoms with Crippen molar-refractivity contribution in [3.63, 3.8) is 0 Å². The van der Waals surface area contributed by atoms with Gasteiger partial charge in [0.1, 0.15) is 12.6 Å². The second kappa shape index (κ2) is 9.10. The number of nitrogens with zero attached hydrogens (tertiary/aromatic N) is 1. The van der Waals surface area contributed by atoms with Gasteiger partial charge in [-0.15, -0.1) is 0 Å². The van der Waals surface area contributed by atoms with Crippen LogP contribution in [0.1, 0.15) is 31.7 Å². The maximum absolute atomic E-state index is 11.5. The second-order valence-corrected chi connectivity index (χ2v) is 4.82. The van der Waals surface area contributed by atoms with E-state index in [0.29, 0.717) is 32.4 Å². The molecule has 6 heteroatoms. The van der Waals surface area contributed by atoms with Crippen LogP contribution in [0.5, 0.6) is 0 Å². The molecule has 0 unspecified atom stereocenters. The highest BCUT2D eigenvalue weighted by Gasteiger charge is 2.13. The fourth-order valence-electron chi connectivity index (χ4n) is 1.78. The maximum atomic E-state index is 11.5. The van der Waals surface area contributed by atoms with E-state index in [-0.39, 0.29) is 5.91 Å². The van der Waals surface area contributed by atoms with Crippen LogP contribution in [0.25, 0.3) is 0 Å². The molecule has 3 N–H and O–H groups in total. The number of hydrogen-bond donors (Lipinski definition) is 2. The number of nitrogens with two attached hydrogens (primary N) is 1. The lowest BCUT2D eigenvalue weighted by atomic mass is 10.1. The summed E-state index contributed by atoms with van der Waals surface area (Å²) in [5, 5.41) is 9.98. The first-order valence-electron chi connectivity index (χ1n) is 6.94. The van der Waals surface area contributed by atoms with Gasteiger partial charge in [-0.05, 0) is 24.8 Å². The lowest BCUT2D eigenvalue weighted by Crippen LogP contribution is -2.31. The SMILES string of the molecule is CC(=O)N(CCCC[C@H](N)C(=O)O)OCc1ccccc1. The predicted octanol–water partition coefficient (Wildman–Crippen LogP) is 1.55. The van der Waals surface area contributed by atoms with Gasteiger partial charge in [0.15, 0.2) is 0 Å². The number of benzene rings is 1. The van der Waals surface area contributed by atoms with E-state index in [1.807, 2.05) is 30.3 Å². The monoisotopic (exact) mass is 294 g/mol. The van der Waals surface area contributed by atoms with Crippen LogP contribution in [0.2, 0.25) is 0 Å². The molecule has 0 heterocycles. The Morgan fingerprint density at radius 1 is 1.29 bits per heavy atom. The number of unbranched alkanes of at least 4 members (excludes halogenated alkanes) is 1. The molecule has 0 aromatic heterocycles. The zero-order valence-corrected chi connectivity index (χ0v) is 12.2. The fourth-order valence-corrected chi connectivity index (χ4v) is 1.78. The summed E-state index contributed by atoms with van der Waals surface area (Å²) in [5.74, 6) is -1.17. The largest absolute Gasteiger partial charge is 0.480 e. The third-order valence-corrected chi connectivity index (χ3v) is 3.02. The molecule has 0 aliphatic heterocycles. The van der Waals surface area contributed by atoms with E-state index in [9.17, 15) is 9.59 Å². The van der Waals surface area contributed by atoms with Crippen LogP contribution >= 0.6 is 0 Å². The van der Waals surface area contributed by atoms with Crippen LogP contribution in [0.4, 0.5) is 0 Å². The quantitative estimate of drug-likeness (QED) is 0.532. The lowest BCUT2D eigenvalue weighted by Gasteiger charge is -2.20. The second-order valence-electron chi connectivity index (χ2n) is 4.82. The Labute approximate surface area is 124 Å². The first kappa shape index (κ1) is 17.1. The van der Waals surface area contributed by atoms with Gasteiger partial charge in [0.2, 0.25) is 5.91 Å². The summed E-state index contributed by atoms with van der Waals surface area (Å²) >= 11 is 0. The molecule has 1 aromatic rings. The Bertz CT molecular complexity index is 450. The summed E-state index contributed by atoms with van der Waals surface area (Å²) in [4.78, 5) is 27.5. The predicted molar refractivity (Wildman–Crippen MR) is 78.1 cm³/mol. The average molecular weight is 294 g/mol. The van der Waals surface area contributed by atoms with Gasteiger partial charge in [-0.25, -0.2) is 5.06 Å². The standard InChI is InChI=1S/C15H22N2O4/c1-12(18)17(10-6-5-9-14(16)15(19)20)21-11-13-7-3-2-4-8-13/h2-4,7-8,14H,5-6,9-11,16H2,1H3,(H,19,20)/t14-/m0/s1. The molecular formula is C15H22N2O4. The van der Waals surface area contributed by atoms with Crippen molar-refractivity contribution < 1.29 is 19.5 Å². The van der Waals surface area contributed by atoms with E-state index < -0.39 is 12.0 Å². The normalized spacial score (nSPS) is 11.9. The van der Waals surface area contributed by atoms with Crippen LogP contribution in [-0.4, -0.2) is 34.6 Å². The van der Waals surface area contributed by atoms with Gasteiger partial charge >= 0.3 is 5.97 Å². The van der Waals surface area contributed by atoms with Crippen molar-refractivity contribution in [2.45, 2.75) is 38.8 Å². The minimum atomic E-state index is -1.00. The first-order valence-corrected chi connectivity index (χ1v) is 6.94. The summed E-state index contributed by atoms with van der Waals surface area (Å²) in [6.07, 6.45) is 1.67. The van der Waals surface area contributed by atoms with Gasteiger partial charge in [-0.1, -0.05) is 30.3 Å². The number of carbonyl (C=O) groups is 2. The third kappa shape index (κ3) is 6.87. The number of carbonyl (C=O) groups excluding carboxylic acids is 1. The van der Waals surface area contributed by atoms with Gasteiger partial charge in [-0.2, -0.15) is 0 Å². The lowest BCUT2D eigenvalue weighted by molar-refractivity contribution is -0.189. The Kier molecular flexibility index (Phi) is 7.42. The van der Waals surface area contributed by atoms with Crippen LogP contribution in [0.15, 0.2) is 30.3 Å². The van der Waals surface area contributed by atoms with Gasteiger partial charge in [-0.3, -0.25) is 14.4 Å². The van der Waals surface area contributed by atoms with Crippen LogP contribution in [0, 0.1) is 0 Å². The molecule has 0 saturated carbocycles. The molecule has 0 aliphatic carbocycles. The number of carboxylic acid groups (broad SMARTS) is 1. The van der Waals surface area contributed by atoms with Crippen molar-refractivity contribution in [3.8, 4) is 0 Å².